The van der Waals surface area contributed by atoms with Crippen molar-refractivity contribution in [3.63, 3.8) is 0 Å². The van der Waals surface area contributed by atoms with Gasteiger partial charge in [0.15, 0.2) is 0 Å². The van der Waals surface area contributed by atoms with E-state index in [0.717, 1.165) is 37.2 Å². The second-order valence-electron chi connectivity index (χ2n) is 15.4. The quantitative estimate of drug-likeness (QED) is 0.391. The molecule has 5 aliphatic carbocycles. The molecule has 0 aromatic carbocycles. The van der Waals surface area contributed by atoms with Crippen LogP contribution in [0.15, 0.2) is 0 Å². The van der Waals surface area contributed by atoms with Gasteiger partial charge in [-0.05, 0) is 109 Å². The molecule has 2 nitrogen and oxygen atoms in total. The number of fused-ring (bicyclic) bond motifs is 5. The van der Waals surface area contributed by atoms with Gasteiger partial charge in [0.05, 0.1) is 12.7 Å². The van der Waals surface area contributed by atoms with E-state index >= 15 is 0 Å². The molecule has 2 bridgehead atoms. The largest absolute Gasteiger partial charge is 0.377 e. The molecule has 1 saturated heterocycles. The summed E-state index contributed by atoms with van der Waals surface area (Å²) in [4.78, 5) is 12.9. The Kier molecular flexibility index (Phi) is 4.31. The molecule has 1 heterocycles. The van der Waals surface area contributed by atoms with E-state index < -0.39 is 0 Å². The van der Waals surface area contributed by atoms with Crippen molar-refractivity contribution in [3.05, 3.63) is 0 Å². The van der Waals surface area contributed by atoms with Crippen LogP contribution >= 0.6 is 0 Å². The number of ether oxygens (including phenoxy) is 1. The molecule has 2 heteroatoms. The van der Waals surface area contributed by atoms with Gasteiger partial charge in [-0.25, -0.2) is 0 Å². The lowest BCUT2D eigenvalue weighted by molar-refractivity contribution is -0.239. The molecule has 6 aliphatic rings. The van der Waals surface area contributed by atoms with E-state index in [9.17, 15) is 4.79 Å². The van der Waals surface area contributed by atoms with Gasteiger partial charge in [0.2, 0.25) is 0 Å². The molecule has 9 atom stereocenters. The second kappa shape index (κ2) is 6.24. The number of Topliss-reactive ketones (excluding diaryl/α,β-unsaturated/α-hetero) is 1. The molecule has 0 N–H and O–H groups in total. The summed E-state index contributed by atoms with van der Waals surface area (Å²) in [5, 5.41) is 0. The molecule has 32 heavy (non-hydrogen) atoms. The van der Waals surface area contributed by atoms with Gasteiger partial charge in [-0.3, -0.25) is 4.79 Å². The summed E-state index contributed by atoms with van der Waals surface area (Å²) in [6, 6.07) is 0. The standard InChI is InChI=1S/C30H48O2/c1-25(2)14-16-30-17-15-28(6)19(23(30)24(25)32-18-30)8-9-21-27(5)12-11-22(31)26(3,4)20(27)10-13-29(21,28)7/h19-21,23-24H,8-18H2,1-7H3/t19?,20?,21?,23?,24?,27?,28-,29?,30?/m0/s1. The first-order chi connectivity index (χ1) is 14.8. The van der Waals surface area contributed by atoms with Crippen LogP contribution in [0.1, 0.15) is 113 Å². The zero-order valence-electron chi connectivity index (χ0n) is 22.0. The second-order valence-corrected chi connectivity index (χ2v) is 15.4. The fourth-order valence-electron chi connectivity index (χ4n) is 11.8. The lowest BCUT2D eigenvalue weighted by Crippen LogP contribution is -2.67. The molecular formula is C30H48O2. The molecule has 0 radical (unpaired) electrons. The van der Waals surface area contributed by atoms with Gasteiger partial charge in [0.25, 0.3) is 0 Å². The van der Waals surface area contributed by atoms with Crippen molar-refractivity contribution in [1.82, 2.24) is 0 Å². The van der Waals surface area contributed by atoms with Crippen LogP contribution in [-0.2, 0) is 9.53 Å². The summed E-state index contributed by atoms with van der Waals surface area (Å²) in [6.07, 6.45) is 13.3. The van der Waals surface area contributed by atoms with Crippen molar-refractivity contribution >= 4 is 5.78 Å². The molecule has 1 aliphatic heterocycles. The van der Waals surface area contributed by atoms with Gasteiger partial charge in [-0.1, -0.05) is 48.5 Å². The lowest BCUT2D eigenvalue weighted by Gasteiger charge is -2.72. The maximum atomic E-state index is 12.9. The Bertz CT molecular complexity index is 842. The van der Waals surface area contributed by atoms with E-state index in [1.54, 1.807) is 0 Å². The average Bonchev–Trinajstić information content (AvgIpc) is 3.05. The van der Waals surface area contributed by atoms with Crippen molar-refractivity contribution < 1.29 is 9.53 Å². The third kappa shape index (κ3) is 2.35. The first kappa shape index (κ1) is 22.1. The highest BCUT2D eigenvalue weighted by atomic mass is 16.5. The molecule has 0 amide bonds. The highest BCUT2D eigenvalue weighted by Gasteiger charge is 2.72. The number of hydrogen-bond donors (Lipinski definition) is 0. The van der Waals surface area contributed by atoms with Crippen LogP contribution in [0.3, 0.4) is 0 Å². The first-order valence-corrected chi connectivity index (χ1v) is 14.0. The fraction of sp³-hybridized carbons (Fsp3) is 0.967. The van der Waals surface area contributed by atoms with Gasteiger partial charge in [-0.2, -0.15) is 0 Å². The Labute approximate surface area is 197 Å². The normalized spacial score (nSPS) is 57.7. The Hall–Kier alpha value is -0.370. The molecule has 8 unspecified atom stereocenters. The van der Waals surface area contributed by atoms with Crippen LogP contribution in [-0.4, -0.2) is 18.5 Å². The molecule has 6 fully saturated rings. The topological polar surface area (TPSA) is 26.3 Å². The fourth-order valence-corrected chi connectivity index (χ4v) is 11.8. The van der Waals surface area contributed by atoms with Crippen LogP contribution in [0.5, 0.6) is 0 Å². The van der Waals surface area contributed by atoms with Crippen LogP contribution in [0.4, 0.5) is 0 Å². The minimum Gasteiger partial charge on any atom is -0.377 e. The van der Waals surface area contributed by atoms with E-state index in [-0.39, 0.29) is 5.41 Å². The Morgan fingerprint density at radius 3 is 2.22 bits per heavy atom. The van der Waals surface area contributed by atoms with Crippen molar-refractivity contribution in [2.24, 2.45) is 56.2 Å². The monoisotopic (exact) mass is 440 g/mol. The lowest BCUT2D eigenvalue weighted by atomic mass is 9.31. The maximum absolute atomic E-state index is 12.9. The van der Waals surface area contributed by atoms with Crippen molar-refractivity contribution in [3.8, 4) is 0 Å². The Morgan fingerprint density at radius 1 is 0.750 bits per heavy atom. The summed E-state index contributed by atoms with van der Waals surface area (Å²) in [5.41, 5.74) is 1.83. The maximum Gasteiger partial charge on any atom is 0.138 e. The minimum absolute atomic E-state index is 0.136. The van der Waals surface area contributed by atoms with E-state index in [2.05, 4.69) is 48.5 Å². The summed E-state index contributed by atoms with van der Waals surface area (Å²) in [6.45, 7) is 18.6. The molecule has 0 spiro atoms. The molecule has 6 rings (SSSR count). The van der Waals surface area contributed by atoms with Crippen LogP contribution in [0.25, 0.3) is 0 Å². The van der Waals surface area contributed by atoms with Gasteiger partial charge in [-0.15, -0.1) is 0 Å². The highest BCUT2D eigenvalue weighted by Crippen LogP contribution is 2.77. The predicted octanol–water partition coefficient (Wildman–Crippen LogP) is 7.45. The van der Waals surface area contributed by atoms with Crippen LogP contribution in [0.2, 0.25) is 0 Å². The first-order valence-electron chi connectivity index (χ1n) is 14.0. The predicted molar refractivity (Wildman–Crippen MR) is 129 cm³/mol. The van der Waals surface area contributed by atoms with E-state index in [1.807, 2.05) is 0 Å². The van der Waals surface area contributed by atoms with Crippen molar-refractivity contribution in [2.75, 3.05) is 6.61 Å². The molecule has 5 saturated carbocycles. The molecular weight excluding hydrogens is 392 g/mol. The average molecular weight is 441 g/mol. The van der Waals surface area contributed by atoms with Crippen molar-refractivity contribution in [1.29, 1.82) is 0 Å². The number of carbonyl (C=O) groups excluding carboxylic acids is 1. The van der Waals surface area contributed by atoms with Gasteiger partial charge in [0.1, 0.15) is 5.78 Å². The van der Waals surface area contributed by atoms with E-state index in [0.29, 0.717) is 44.9 Å². The summed E-state index contributed by atoms with van der Waals surface area (Å²) >= 11 is 0. The number of hydrogen-bond acceptors (Lipinski definition) is 2. The van der Waals surface area contributed by atoms with E-state index in [1.165, 1.54) is 51.4 Å². The van der Waals surface area contributed by atoms with Gasteiger partial charge >= 0.3 is 0 Å². The molecule has 0 aromatic heterocycles. The summed E-state index contributed by atoms with van der Waals surface area (Å²) in [7, 11) is 0. The van der Waals surface area contributed by atoms with Crippen LogP contribution in [0, 0.1) is 56.2 Å². The number of ketones is 1. The molecule has 180 valence electrons. The Balaban J connectivity index is 1.40. The summed E-state index contributed by atoms with van der Waals surface area (Å²) in [5.74, 6) is 3.46. The number of rotatable bonds is 0. The Morgan fingerprint density at radius 2 is 1.47 bits per heavy atom. The van der Waals surface area contributed by atoms with Crippen molar-refractivity contribution in [2.45, 2.75) is 119 Å². The SMILES string of the molecule is CC1(C)CCC23CC[C@@]4(C)C(CCC5C6(C)CCC(=O)C(C)(C)C6CCC54C)C2C1OC3. The minimum atomic E-state index is -0.136. The van der Waals surface area contributed by atoms with Gasteiger partial charge in [0, 0.05) is 11.8 Å². The zero-order valence-corrected chi connectivity index (χ0v) is 22.0. The highest BCUT2D eigenvalue weighted by molar-refractivity contribution is 5.85. The smallest absolute Gasteiger partial charge is 0.138 e. The zero-order chi connectivity index (χ0) is 22.9. The van der Waals surface area contributed by atoms with Gasteiger partial charge < -0.3 is 4.74 Å². The number of carbonyl (C=O) groups is 1. The summed E-state index contributed by atoms with van der Waals surface area (Å²) < 4.78 is 6.70. The third-order valence-electron chi connectivity index (χ3n) is 13.9. The molecule has 0 aromatic rings. The van der Waals surface area contributed by atoms with Crippen LogP contribution < -0.4 is 0 Å². The third-order valence-corrected chi connectivity index (χ3v) is 13.9. The van der Waals surface area contributed by atoms with E-state index in [4.69, 9.17) is 4.74 Å².